The summed E-state index contributed by atoms with van der Waals surface area (Å²) in [6.07, 6.45) is 3.57. The molecule has 146 valence electrons. The number of nitrogens with one attached hydrogen (secondary N) is 1. The summed E-state index contributed by atoms with van der Waals surface area (Å²) in [4.78, 5) is 31.5. The normalized spacial score (nSPS) is 29.5. The molecule has 0 atom stereocenters. The van der Waals surface area contributed by atoms with Crippen LogP contribution in [-0.4, -0.2) is 60.1 Å². The van der Waals surface area contributed by atoms with E-state index < -0.39 is 5.54 Å². The third-order valence-electron chi connectivity index (χ3n) is 6.45. The Morgan fingerprint density at radius 2 is 1.81 bits per heavy atom. The maximum Gasteiger partial charge on any atom is 0.326 e. The van der Waals surface area contributed by atoms with Crippen molar-refractivity contribution >= 4 is 17.6 Å². The van der Waals surface area contributed by atoms with E-state index in [2.05, 4.69) is 53.2 Å². The number of carbonyl (C=O) groups excluding carboxylic acids is 2. The minimum Gasteiger partial charge on any atom is -0.369 e. The molecule has 1 aromatic rings. The first kappa shape index (κ1) is 18.3. The summed E-state index contributed by atoms with van der Waals surface area (Å²) in [5.41, 5.74) is 1.88. The second kappa shape index (κ2) is 7.15. The molecule has 1 N–H and O–H groups in total. The largest absolute Gasteiger partial charge is 0.369 e. The van der Waals surface area contributed by atoms with E-state index in [4.69, 9.17) is 0 Å². The van der Waals surface area contributed by atoms with Crippen LogP contribution in [-0.2, 0) is 4.79 Å². The Balaban J connectivity index is 1.35. The van der Waals surface area contributed by atoms with Gasteiger partial charge in [-0.15, -0.1) is 0 Å². The highest BCUT2D eigenvalue weighted by Gasteiger charge is 2.52. The van der Waals surface area contributed by atoms with E-state index in [0.29, 0.717) is 12.6 Å². The molecule has 2 heterocycles. The molecule has 0 unspecified atom stereocenters. The van der Waals surface area contributed by atoms with Gasteiger partial charge in [0.25, 0.3) is 5.91 Å². The lowest BCUT2D eigenvalue weighted by Crippen LogP contribution is -2.52. The highest BCUT2D eigenvalue weighted by atomic mass is 16.2. The van der Waals surface area contributed by atoms with Gasteiger partial charge in [0, 0.05) is 31.9 Å². The van der Waals surface area contributed by atoms with Crippen molar-refractivity contribution in [3.05, 3.63) is 29.8 Å². The zero-order valence-electron chi connectivity index (χ0n) is 16.4. The van der Waals surface area contributed by atoms with Crippen LogP contribution in [0.1, 0.15) is 38.2 Å². The van der Waals surface area contributed by atoms with Crippen LogP contribution in [0.2, 0.25) is 0 Å². The summed E-state index contributed by atoms with van der Waals surface area (Å²) in [5, 5.41) is 3.02. The number of carbonyl (C=O) groups is 2. The minimum atomic E-state index is -0.632. The Morgan fingerprint density at radius 1 is 1.11 bits per heavy atom. The topological polar surface area (TPSA) is 55.9 Å². The predicted octanol–water partition coefficient (Wildman–Crippen LogP) is 2.58. The molecule has 1 aliphatic carbocycles. The number of nitrogens with zero attached hydrogens (tertiary/aromatic N) is 3. The Hall–Kier alpha value is -2.08. The molecule has 2 saturated heterocycles. The molecule has 3 amide bonds. The summed E-state index contributed by atoms with van der Waals surface area (Å²) in [6, 6.07) is 8.35. The van der Waals surface area contributed by atoms with Gasteiger partial charge in [-0.2, -0.15) is 0 Å². The Morgan fingerprint density at radius 3 is 2.48 bits per heavy atom. The number of aryl methyl sites for hydroxylation is 1. The van der Waals surface area contributed by atoms with Gasteiger partial charge in [-0.3, -0.25) is 9.69 Å². The second-order valence-corrected chi connectivity index (χ2v) is 8.51. The first-order chi connectivity index (χ1) is 13.0. The molecule has 4 rings (SSSR count). The van der Waals surface area contributed by atoms with Gasteiger partial charge in [0.05, 0.1) is 6.67 Å². The summed E-state index contributed by atoms with van der Waals surface area (Å²) in [7, 11) is 0. The lowest BCUT2D eigenvalue weighted by atomic mass is 9.77. The summed E-state index contributed by atoms with van der Waals surface area (Å²) in [6.45, 7) is 8.28. The fraction of sp³-hybridized carbons (Fsp3) is 0.619. The lowest BCUT2D eigenvalue weighted by Gasteiger charge is -2.37. The van der Waals surface area contributed by atoms with Crippen LogP contribution in [0.15, 0.2) is 24.3 Å². The third kappa shape index (κ3) is 3.55. The Bertz CT molecular complexity index is 719. The first-order valence-electron chi connectivity index (χ1n) is 10.1. The predicted molar refractivity (Wildman–Crippen MR) is 106 cm³/mol. The Labute approximate surface area is 161 Å². The number of urea groups is 1. The molecule has 6 nitrogen and oxygen atoms in total. The van der Waals surface area contributed by atoms with Crippen LogP contribution in [0.5, 0.6) is 0 Å². The molecule has 6 heteroatoms. The van der Waals surface area contributed by atoms with Crippen LogP contribution < -0.4 is 10.2 Å². The van der Waals surface area contributed by atoms with Crippen molar-refractivity contribution in [1.29, 1.82) is 0 Å². The molecule has 1 spiro atoms. The fourth-order valence-corrected chi connectivity index (χ4v) is 4.57. The number of hydrogen-bond donors (Lipinski definition) is 1. The van der Waals surface area contributed by atoms with Crippen molar-refractivity contribution in [2.24, 2.45) is 5.92 Å². The van der Waals surface area contributed by atoms with Crippen LogP contribution in [0.4, 0.5) is 10.5 Å². The number of rotatable bonds is 3. The van der Waals surface area contributed by atoms with Gasteiger partial charge in [0.15, 0.2) is 0 Å². The second-order valence-electron chi connectivity index (χ2n) is 8.51. The minimum absolute atomic E-state index is 0.0134. The molecule has 0 bridgehead atoms. The molecule has 0 radical (unpaired) electrons. The van der Waals surface area contributed by atoms with Gasteiger partial charge < -0.3 is 10.2 Å². The number of anilines is 1. The number of amides is 3. The zero-order chi connectivity index (χ0) is 19.0. The number of hydrogen-bond acceptors (Lipinski definition) is 4. The van der Waals surface area contributed by atoms with E-state index in [1.165, 1.54) is 16.2 Å². The SMILES string of the molecule is Cc1cccc(N2CCN(CN3C(=O)NC4(CCC(C)CC4)C3=O)CC2)c1. The molecule has 27 heavy (non-hydrogen) atoms. The van der Waals surface area contributed by atoms with Crippen molar-refractivity contribution in [1.82, 2.24) is 15.1 Å². The molecule has 3 fully saturated rings. The smallest absolute Gasteiger partial charge is 0.326 e. The van der Waals surface area contributed by atoms with Crippen LogP contribution >= 0.6 is 0 Å². The van der Waals surface area contributed by atoms with Crippen molar-refractivity contribution < 1.29 is 9.59 Å². The molecule has 0 aromatic heterocycles. The average Bonchev–Trinajstić information content (AvgIpc) is 2.89. The summed E-state index contributed by atoms with van der Waals surface area (Å²) < 4.78 is 0. The number of piperazine rings is 1. The van der Waals surface area contributed by atoms with E-state index >= 15 is 0 Å². The van der Waals surface area contributed by atoms with Gasteiger partial charge >= 0.3 is 6.03 Å². The van der Waals surface area contributed by atoms with E-state index in [0.717, 1.165) is 51.9 Å². The summed E-state index contributed by atoms with van der Waals surface area (Å²) >= 11 is 0. The van der Waals surface area contributed by atoms with Gasteiger partial charge in [-0.25, -0.2) is 9.69 Å². The van der Waals surface area contributed by atoms with Gasteiger partial charge in [0.1, 0.15) is 5.54 Å². The lowest BCUT2D eigenvalue weighted by molar-refractivity contribution is -0.134. The van der Waals surface area contributed by atoms with E-state index in [1.54, 1.807) is 0 Å². The number of imide groups is 1. The summed E-state index contributed by atoms with van der Waals surface area (Å²) in [5.74, 6) is 0.629. The van der Waals surface area contributed by atoms with E-state index in [9.17, 15) is 9.59 Å². The van der Waals surface area contributed by atoms with Gasteiger partial charge in [-0.05, 0) is 56.2 Å². The molecule has 3 aliphatic rings. The maximum absolute atomic E-state index is 13.0. The average molecular weight is 370 g/mol. The van der Waals surface area contributed by atoms with E-state index in [-0.39, 0.29) is 11.9 Å². The quantitative estimate of drug-likeness (QED) is 0.831. The van der Waals surface area contributed by atoms with Crippen molar-refractivity contribution in [2.45, 2.75) is 45.1 Å². The van der Waals surface area contributed by atoms with Crippen molar-refractivity contribution in [3.63, 3.8) is 0 Å². The van der Waals surface area contributed by atoms with Crippen LogP contribution in [0.25, 0.3) is 0 Å². The highest BCUT2D eigenvalue weighted by molar-refractivity contribution is 6.07. The van der Waals surface area contributed by atoms with Gasteiger partial charge in [-0.1, -0.05) is 19.1 Å². The van der Waals surface area contributed by atoms with Crippen molar-refractivity contribution in [2.75, 3.05) is 37.7 Å². The monoisotopic (exact) mass is 370 g/mol. The van der Waals surface area contributed by atoms with Crippen molar-refractivity contribution in [3.8, 4) is 0 Å². The fourth-order valence-electron chi connectivity index (χ4n) is 4.57. The molecule has 2 aliphatic heterocycles. The van der Waals surface area contributed by atoms with Gasteiger partial charge in [0.2, 0.25) is 0 Å². The Kier molecular flexibility index (Phi) is 4.84. The maximum atomic E-state index is 13.0. The molecule has 1 saturated carbocycles. The molecular formula is C21H30N4O2. The van der Waals surface area contributed by atoms with Crippen LogP contribution in [0, 0.1) is 12.8 Å². The third-order valence-corrected chi connectivity index (χ3v) is 6.45. The van der Waals surface area contributed by atoms with E-state index in [1.807, 2.05) is 0 Å². The zero-order valence-corrected chi connectivity index (χ0v) is 16.4. The van der Waals surface area contributed by atoms with Crippen LogP contribution in [0.3, 0.4) is 0 Å². The standard InChI is InChI=1S/C21H30N4O2/c1-16-6-8-21(9-7-16)19(26)25(20(27)22-21)15-23-10-12-24(13-11-23)18-5-3-4-17(2)14-18/h3-5,14,16H,6-13,15H2,1-2H3,(H,22,27). The number of benzene rings is 1. The first-order valence-corrected chi connectivity index (χ1v) is 10.1. The molecule has 1 aromatic carbocycles. The molecular weight excluding hydrogens is 340 g/mol. The highest BCUT2D eigenvalue weighted by Crippen LogP contribution is 2.36.